The van der Waals surface area contributed by atoms with Gasteiger partial charge in [-0.05, 0) is 88.7 Å². The molecule has 4 aliphatic carbocycles. The molecule has 7 aliphatic rings. The zero-order valence-electron chi connectivity index (χ0n) is 27.7. The molecular weight excluding hydrogens is 576 g/mol. The summed E-state index contributed by atoms with van der Waals surface area (Å²) < 4.78 is 0. The number of Topliss-reactive ketones (excluding diaryl/α,β-unsaturated/α-hetero) is 1. The highest BCUT2D eigenvalue weighted by atomic mass is 16.3. The van der Waals surface area contributed by atoms with Crippen molar-refractivity contribution in [1.82, 2.24) is 14.9 Å². The number of piperazine rings is 1. The second-order valence-corrected chi connectivity index (χ2v) is 15.5. The molecule has 5 atom stereocenters. The van der Waals surface area contributed by atoms with Gasteiger partial charge in [-0.2, -0.15) is 9.97 Å². The van der Waals surface area contributed by atoms with Gasteiger partial charge in [0.15, 0.2) is 11.6 Å². The quantitative estimate of drug-likeness (QED) is 0.464. The number of carbonyl (C=O) groups is 2. The number of hydrogen-bond donors (Lipinski definition) is 1. The molecule has 0 spiro atoms. The van der Waals surface area contributed by atoms with Gasteiger partial charge in [-0.15, -0.1) is 0 Å². The van der Waals surface area contributed by atoms with Crippen LogP contribution >= 0.6 is 0 Å². The summed E-state index contributed by atoms with van der Waals surface area (Å²) in [6.07, 6.45) is 16.8. The molecule has 1 N–H and O–H groups in total. The average Bonchev–Trinajstić information content (AvgIpc) is 3.84. The van der Waals surface area contributed by atoms with Crippen molar-refractivity contribution in [3.8, 4) is 0 Å². The van der Waals surface area contributed by atoms with E-state index in [4.69, 9.17) is 9.97 Å². The molecule has 4 heterocycles. The van der Waals surface area contributed by atoms with Crippen LogP contribution in [0, 0.1) is 22.7 Å². The number of fused-ring (bicyclic) bond motifs is 5. The Morgan fingerprint density at radius 1 is 0.913 bits per heavy atom. The first kappa shape index (κ1) is 30.3. The fourth-order valence-corrected chi connectivity index (χ4v) is 10.2. The molecule has 2 saturated carbocycles. The number of aliphatic hydroxyl groups is 1. The second-order valence-electron chi connectivity index (χ2n) is 15.5. The Morgan fingerprint density at radius 3 is 2.26 bits per heavy atom. The van der Waals surface area contributed by atoms with Crippen LogP contribution < -0.4 is 14.7 Å². The molecule has 246 valence electrons. The van der Waals surface area contributed by atoms with Crippen LogP contribution in [0.25, 0.3) is 0 Å². The Kier molecular flexibility index (Phi) is 7.44. The van der Waals surface area contributed by atoms with E-state index in [0.717, 1.165) is 89.2 Å². The Bertz CT molecular complexity index is 1470. The third-order valence-corrected chi connectivity index (χ3v) is 13.1. The number of carbonyl (C=O) groups excluding carboxylic acids is 2. The summed E-state index contributed by atoms with van der Waals surface area (Å²) in [6.45, 7) is 12.0. The van der Waals surface area contributed by atoms with Crippen molar-refractivity contribution < 1.29 is 14.7 Å². The topological polar surface area (TPSA) is 93.1 Å². The molecule has 0 unspecified atom stereocenters. The largest absolute Gasteiger partial charge is 0.381 e. The first-order chi connectivity index (χ1) is 22.2. The fourth-order valence-electron chi connectivity index (χ4n) is 10.2. The lowest BCUT2D eigenvalue weighted by Crippen LogP contribution is -2.58. The molecule has 8 rings (SSSR count). The number of anilines is 3. The molecule has 0 aromatic carbocycles. The van der Waals surface area contributed by atoms with Crippen LogP contribution in [0.5, 0.6) is 0 Å². The maximum Gasteiger partial charge on any atom is 0.229 e. The molecule has 0 amide bonds. The van der Waals surface area contributed by atoms with Gasteiger partial charge in [-0.25, -0.2) is 0 Å². The van der Waals surface area contributed by atoms with E-state index in [1.807, 2.05) is 6.08 Å². The zero-order valence-corrected chi connectivity index (χ0v) is 27.7. The number of rotatable bonds is 6. The summed E-state index contributed by atoms with van der Waals surface area (Å²) in [6, 6.07) is 2.17. The molecule has 9 nitrogen and oxygen atoms in total. The monoisotopic (exact) mass is 626 g/mol. The Balaban J connectivity index is 0.951. The second kappa shape index (κ2) is 11.3. The number of hydrogen-bond acceptors (Lipinski definition) is 9. The SMILES string of the molecule is C[C@]12C=CC(=O)C=C1CC[C@@H]1C2=CC[C@@]2(C)[C@H]1CC[C@]2(O)C(=O)CN1CCN(c2cc(N3CCCC3)nc(N3CCCC3)n2)CC1. The third-order valence-electron chi connectivity index (χ3n) is 13.1. The zero-order chi connectivity index (χ0) is 31.7. The Hall–Kier alpha value is -3.04. The van der Waals surface area contributed by atoms with Gasteiger partial charge in [0.05, 0.1) is 6.54 Å². The predicted molar refractivity (Wildman–Crippen MR) is 180 cm³/mol. The van der Waals surface area contributed by atoms with E-state index >= 15 is 0 Å². The number of aromatic nitrogens is 2. The first-order valence-corrected chi connectivity index (χ1v) is 17.9. The molecule has 0 bridgehead atoms. The lowest BCUT2D eigenvalue weighted by molar-refractivity contribution is -0.154. The van der Waals surface area contributed by atoms with E-state index in [-0.39, 0.29) is 22.9 Å². The average molecular weight is 627 g/mol. The van der Waals surface area contributed by atoms with Gasteiger partial charge in [0.2, 0.25) is 5.95 Å². The Labute approximate surface area is 273 Å². The van der Waals surface area contributed by atoms with Crippen molar-refractivity contribution in [2.24, 2.45) is 22.7 Å². The molecule has 1 aromatic rings. The third kappa shape index (κ3) is 4.78. The van der Waals surface area contributed by atoms with Crippen molar-refractivity contribution in [3.05, 3.63) is 41.5 Å². The van der Waals surface area contributed by atoms with Crippen LogP contribution in [0.2, 0.25) is 0 Å². The van der Waals surface area contributed by atoms with Gasteiger partial charge < -0.3 is 19.8 Å². The number of nitrogens with zero attached hydrogens (tertiary/aromatic N) is 6. The molecular formula is C37H50N6O3. The van der Waals surface area contributed by atoms with E-state index < -0.39 is 11.0 Å². The van der Waals surface area contributed by atoms with Gasteiger partial charge in [0, 0.05) is 69.3 Å². The number of allylic oxidation sites excluding steroid dienone is 6. The number of ketones is 2. The molecule has 0 radical (unpaired) electrons. The van der Waals surface area contributed by atoms with Crippen LogP contribution in [0.1, 0.15) is 71.6 Å². The maximum absolute atomic E-state index is 14.1. The van der Waals surface area contributed by atoms with Crippen LogP contribution in [0.3, 0.4) is 0 Å². The van der Waals surface area contributed by atoms with Gasteiger partial charge in [-0.3, -0.25) is 14.5 Å². The van der Waals surface area contributed by atoms with Crippen molar-refractivity contribution in [2.75, 3.05) is 73.6 Å². The van der Waals surface area contributed by atoms with E-state index in [9.17, 15) is 14.7 Å². The highest BCUT2D eigenvalue weighted by Crippen LogP contribution is 2.65. The van der Waals surface area contributed by atoms with Gasteiger partial charge in [0.1, 0.15) is 17.2 Å². The van der Waals surface area contributed by atoms with Gasteiger partial charge in [0.25, 0.3) is 0 Å². The van der Waals surface area contributed by atoms with Crippen LogP contribution in [0.4, 0.5) is 17.6 Å². The predicted octanol–water partition coefficient (Wildman–Crippen LogP) is 4.33. The van der Waals surface area contributed by atoms with E-state index in [1.54, 1.807) is 6.08 Å². The molecule has 3 saturated heterocycles. The van der Waals surface area contributed by atoms with Crippen molar-refractivity contribution in [3.63, 3.8) is 0 Å². The van der Waals surface area contributed by atoms with Gasteiger partial charge in [-0.1, -0.05) is 30.2 Å². The normalized spacial score (nSPS) is 36.0. The lowest BCUT2D eigenvalue weighted by Gasteiger charge is -2.53. The first-order valence-electron chi connectivity index (χ1n) is 17.9. The van der Waals surface area contributed by atoms with E-state index in [0.29, 0.717) is 25.3 Å². The highest BCUT2D eigenvalue weighted by Gasteiger charge is 2.64. The summed E-state index contributed by atoms with van der Waals surface area (Å²) in [7, 11) is 0. The molecule has 46 heavy (non-hydrogen) atoms. The van der Waals surface area contributed by atoms with Crippen LogP contribution in [-0.2, 0) is 9.59 Å². The summed E-state index contributed by atoms with van der Waals surface area (Å²) >= 11 is 0. The standard InChI is InChI=1S/C37H50N6O3/c1-35-12-9-27(44)23-26(35)7-8-28-29(35)10-13-36(2)30(28)11-14-37(36,46)31(45)25-40-19-21-42(22-20-40)33-24-32(41-15-3-4-16-41)38-34(39-33)43-17-5-6-18-43/h9-10,12,23-24,28,30,46H,3-8,11,13-22,25H2,1-2H3/t28-,30+,35+,36+,37+/m1/s1. The molecule has 3 aliphatic heterocycles. The van der Waals surface area contributed by atoms with Crippen LogP contribution in [0.15, 0.2) is 41.5 Å². The fraction of sp³-hybridized carbons (Fsp3) is 0.676. The van der Waals surface area contributed by atoms with E-state index in [2.05, 4.69) is 51.7 Å². The van der Waals surface area contributed by atoms with Gasteiger partial charge >= 0.3 is 0 Å². The molecule has 9 heteroatoms. The molecule has 5 fully saturated rings. The minimum atomic E-state index is -1.31. The lowest BCUT2D eigenvalue weighted by atomic mass is 9.51. The summed E-state index contributed by atoms with van der Waals surface area (Å²) in [4.78, 5) is 45.6. The van der Waals surface area contributed by atoms with Crippen molar-refractivity contribution in [2.45, 2.75) is 77.2 Å². The minimum Gasteiger partial charge on any atom is -0.381 e. The summed E-state index contributed by atoms with van der Waals surface area (Å²) in [5, 5.41) is 12.3. The van der Waals surface area contributed by atoms with E-state index in [1.165, 1.54) is 36.8 Å². The molecule has 1 aromatic heterocycles. The maximum atomic E-state index is 14.1. The minimum absolute atomic E-state index is 0.0109. The van der Waals surface area contributed by atoms with Crippen molar-refractivity contribution >= 4 is 29.2 Å². The Morgan fingerprint density at radius 2 is 1.57 bits per heavy atom. The van der Waals surface area contributed by atoms with Crippen LogP contribution in [-0.4, -0.2) is 96.0 Å². The van der Waals surface area contributed by atoms with Crippen molar-refractivity contribution in [1.29, 1.82) is 0 Å². The summed E-state index contributed by atoms with van der Waals surface area (Å²) in [5.74, 6) is 3.59. The smallest absolute Gasteiger partial charge is 0.229 e. The highest BCUT2D eigenvalue weighted by molar-refractivity contribution is 6.01. The summed E-state index contributed by atoms with van der Waals surface area (Å²) in [5.41, 5.74) is 0.626.